The summed E-state index contributed by atoms with van der Waals surface area (Å²) >= 11 is 3.26. The van der Waals surface area contributed by atoms with Crippen molar-refractivity contribution >= 4 is 15.9 Å². The number of aryl methyl sites for hydroxylation is 1. The fourth-order valence-electron chi connectivity index (χ4n) is 1.90. The zero-order chi connectivity index (χ0) is 14.9. The number of hydrogen-bond acceptors (Lipinski definition) is 2. The zero-order valence-corrected chi connectivity index (χ0v) is 12.0. The van der Waals surface area contributed by atoms with Crippen molar-refractivity contribution in [1.29, 1.82) is 0 Å². The molecule has 0 saturated heterocycles. The van der Waals surface area contributed by atoms with Gasteiger partial charge in [-0.05, 0) is 30.2 Å². The summed E-state index contributed by atoms with van der Waals surface area (Å²) in [5, 5.41) is 10.2. The molecule has 0 fully saturated rings. The average molecular weight is 346 g/mol. The number of alkyl halides is 3. The van der Waals surface area contributed by atoms with Gasteiger partial charge in [-0.3, -0.25) is 4.98 Å². The second-order valence-corrected chi connectivity index (χ2v) is 5.24. The van der Waals surface area contributed by atoms with Crippen molar-refractivity contribution in [3.8, 4) is 0 Å². The highest BCUT2D eigenvalue weighted by atomic mass is 79.9. The normalized spacial score (nSPS) is 13.3. The minimum absolute atomic E-state index is 0.260. The quantitative estimate of drug-likeness (QED) is 0.882. The molecule has 0 aliphatic rings. The Labute approximate surface area is 122 Å². The van der Waals surface area contributed by atoms with Crippen LogP contribution in [0.1, 0.15) is 28.4 Å². The van der Waals surface area contributed by atoms with Crippen molar-refractivity contribution in [1.82, 2.24) is 4.98 Å². The number of benzene rings is 1. The smallest absolute Gasteiger partial charge is 0.384 e. The molecule has 1 heterocycles. The van der Waals surface area contributed by atoms with Crippen LogP contribution >= 0.6 is 15.9 Å². The van der Waals surface area contributed by atoms with Gasteiger partial charge in [0.15, 0.2) is 0 Å². The van der Waals surface area contributed by atoms with Crippen LogP contribution in [0.5, 0.6) is 0 Å². The first kappa shape index (κ1) is 15.0. The molecule has 1 atom stereocenters. The van der Waals surface area contributed by atoms with Gasteiger partial charge in [0.25, 0.3) is 0 Å². The van der Waals surface area contributed by atoms with Crippen LogP contribution in [0.3, 0.4) is 0 Å². The molecule has 1 unspecified atom stereocenters. The van der Waals surface area contributed by atoms with E-state index in [1.807, 2.05) is 6.92 Å². The van der Waals surface area contributed by atoms with Crippen LogP contribution in [-0.2, 0) is 6.18 Å². The summed E-state index contributed by atoms with van der Waals surface area (Å²) in [7, 11) is 0. The van der Waals surface area contributed by atoms with Gasteiger partial charge in [-0.15, -0.1) is 0 Å². The molecule has 1 N–H and O–H groups in total. The number of rotatable bonds is 2. The van der Waals surface area contributed by atoms with Crippen molar-refractivity contribution < 1.29 is 18.3 Å². The Hall–Kier alpha value is -1.40. The van der Waals surface area contributed by atoms with Crippen molar-refractivity contribution in [3.05, 3.63) is 63.4 Å². The maximum atomic E-state index is 12.9. The van der Waals surface area contributed by atoms with E-state index in [0.717, 1.165) is 24.0 Å². The molecule has 0 saturated carbocycles. The van der Waals surface area contributed by atoms with Crippen molar-refractivity contribution in [2.24, 2.45) is 0 Å². The van der Waals surface area contributed by atoms with Crippen LogP contribution < -0.4 is 0 Å². The van der Waals surface area contributed by atoms with Gasteiger partial charge in [0.2, 0.25) is 0 Å². The molecular formula is C14H11BrF3NO. The number of halogens is 4. The maximum Gasteiger partial charge on any atom is 0.416 e. The van der Waals surface area contributed by atoms with E-state index in [-0.39, 0.29) is 5.56 Å². The molecular weight excluding hydrogens is 335 g/mol. The van der Waals surface area contributed by atoms with Crippen LogP contribution in [0.25, 0.3) is 0 Å². The minimum Gasteiger partial charge on any atom is -0.384 e. The van der Waals surface area contributed by atoms with E-state index in [2.05, 4.69) is 20.9 Å². The summed E-state index contributed by atoms with van der Waals surface area (Å²) < 4.78 is 39.4. The van der Waals surface area contributed by atoms with E-state index in [1.165, 1.54) is 0 Å². The maximum absolute atomic E-state index is 12.9. The molecule has 0 radical (unpaired) electrons. The Morgan fingerprint density at radius 3 is 2.50 bits per heavy atom. The third kappa shape index (κ3) is 3.02. The van der Waals surface area contributed by atoms with Crippen molar-refractivity contribution in [3.63, 3.8) is 0 Å². The second-order valence-electron chi connectivity index (χ2n) is 4.39. The molecule has 1 aromatic carbocycles. The number of nitrogens with zero attached hydrogens (tertiary/aromatic N) is 1. The summed E-state index contributed by atoms with van der Waals surface area (Å²) in [6.45, 7) is 1.85. The lowest BCUT2D eigenvalue weighted by Crippen LogP contribution is -2.13. The first-order valence-corrected chi connectivity index (χ1v) is 6.55. The second kappa shape index (κ2) is 5.54. The molecule has 6 heteroatoms. The predicted molar refractivity (Wildman–Crippen MR) is 72.2 cm³/mol. The summed E-state index contributed by atoms with van der Waals surface area (Å²) in [5.74, 6) is 0. The van der Waals surface area contributed by atoms with E-state index in [9.17, 15) is 18.3 Å². The number of aromatic nitrogens is 1. The fourth-order valence-corrected chi connectivity index (χ4v) is 2.61. The first-order chi connectivity index (χ1) is 9.30. The molecule has 2 aromatic rings. The zero-order valence-electron chi connectivity index (χ0n) is 10.4. The van der Waals surface area contributed by atoms with E-state index in [0.29, 0.717) is 10.0 Å². The molecule has 0 aliphatic heterocycles. The minimum atomic E-state index is -4.53. The molecule has 0 bridgehead atoms. The largest absolute Gasteiger partial charge is 0.416 e. The standard InChI is InChI=1S/C14H11BrF3NO/c1-8-2-3-9(12(15)6-8)13(20)10-7-19-5-4-11(10)14(16,17)18/h2-7,13,20H,1H3. The van der Waals surface area contributed by atoms with Gasteiger partial charge >= 0.3 is 6.18 Å². The van der Waals surface area contributed by atoms with Crippen molar-refractivity contribution in [2.75, 3.05) is 0 Å². The highest BCUT2D eigenvalue weighted by Crippen LogP contribution is 2.37. The molecule has 1 aromatic heterocycles. The molecule has 106 valence electrons. The monoisotopic (exact) mass is 345 g/mol. The SMILES string of the molecule is Cc1ccc(C(O)c2cnccc2C(F)(F)F)c(Br)c1. The Morgan fingerprint density at radius 1 is 1.20 bits per heavy atom. The third-order valence-corrected chi connectivity index (χ3v) is 3.59. The summed E-state index contributed by atoms with van der Waals surface area (Å²) in [5.41, 5.74) is 0.168. The topological polar surface area (TPSA) is 33.1 Å². The fraction of sp³-hybridized carbons (Fsp3) is 0.214. The molecule has 2 nitrogen and oxygen atoms in total. The third-order valence-electron chi connectivity index (χ3n) is 2.90. The molecule has 0 aliphatic carbocycles. The van der Waals surface area contributed by atoms with Crippen molar-refractivity contribution in [2.45, 2.75) is 19.2 Å². The Morgan fingerprint density at radius 2 is 1.90 bits per heavy atom. The lowest BCUT2D eigenvalue weighted by Gasteiger charge is -2.18. The Balaban J connectivity index is 2.51. The van der Waals surface area contributed by atoms with Gasteiger partial charge in [0.05, 0.1) is 5.56 Å². The van der Waals surface area contributed by atoms with E-state index in [4.69, 9.17) is 0 Å². The lowest BCUT2D eigenvalue weighted by atomic mass is 9.98. The van der Waals surface area contributed by atoms with E-state index in [1.54, 1.807) is 18.2 Å². The Bertz CT molecular complexity index is 628. The van der Waals surface area contributed by atoms with Gasteiger partial charge in [-0.25, -0.2) is 0 Å². The van der Waals surface area contributed by atoms with Gasteiger partial charge in [0, 0.05) is 22.4 Å². The highest BCUT2D eigenvalue weighted by molar-refractivity contribution is 9.10. The number of aliphatic hydroxyl groups is 1. The summed E-state index contributed by atoms with van der Waals surface area (Å²) in [6.07, 6.45) is -3.82. The van der Waals surface area contributed by atoms with Crippen LogP contribution in [-0.4, -0.2) is 10.1 Å². The first-order valence-electron chi connectivity index (χ1n) is 5.76. The summed E-state index contributed by atoms with van der Waals surface area (Å²) in [6, 6.07) is 5.92. The number of hydrogen-bond donors (Lipinski definition) is 1. The van der Waals surface area contributed by atoms with Gasteiger partial charge < -0.3 is 5.11 Å². The number of pyridine rings is 1. The lowest BCUT2D eigenvalue weighted by molar-refractivity contribution is -0.139. The highest BCUT2D eigenvalue weighted by Gasteiger charge is 2.35. The van der Waals surface area contributed by atoms with Gasteiger partial charge in [0.1, 0.15) is 6.10 Å². The molecule has 2 rings (SSSR count). The van der Waals surface area contributed by atoms with E-state index < -0.39 is 17.8 Å². The molecule has 0 spiro atoms. The predicted octanol–water partition coefficient (Wildman–Crippen LogP) is 4.25. The average Bonchev–Trinajstić information content (AvgIpc) is 2.37. The molecule has 0 amide bonds. The summed E-state index contributed by atoms with van der Waals surface area (Å²) in [4.78, 5) is 3.68. The molecule has 20 heavy (non-hydrogen) atoms. The van der Waals surface area contributed by atoms with Crippen LogP contribution in [0.2, 0.25) is 0 Å². The van der Waals surface area contributed by atoms with Gasteiger partial charge in [-0.1, -0.05) is 28.1 Å². The number of aliphatic hydroxyl groups excluding tert-OH is 1. The van der Waals surface area contributed by atoms with Crippen LogP contribution in [0, 0.1) is 6.92 Å². The van der Waals surface area contributed by atoms with Crippen LogP contribution in [0.15, 0.2) is 41.1 Å². The van der Waals surface area contributed by atoms with Gasteiger partial charge in [-0.2, -0.15) is 13.2 Å². The van der Waals surface area contributed by atoms with E-state index >= 15 is 0 Å². The Kier molecular flexibility index (Phi) is 4.15. The van der Waals surface area contributed by atoms with Crippen LogP contribution in [0.4, 0.5) is 13.2 Å².